The minimum Gasteiger partial charge on any atom is -0.320 e. The van der Waals surface area contributed by atoms with Gasteiger partial charge in [0.1, 0.15) is 0 Å². The molecule has 1 aliphatic heterocycles. The number of rotatable bonds is 2. The Morgan fingerprint density at radius 2 is 2.16 bits per heavy atom. The summed E-state index contributed by atoms with van der Waals surface area (Å²) in [5.74, 6) is 0. The first kappa shape index (κ1) is 13.3. The average Bonchev–Trinajstić information content (AvgIpc) is 2.59. The molecule has 0 amide bonds. The highest BCUT2D eigenvalue weighted by molar-refractivity contribution is 8.27. The maximum Gasteiger partial charge on any atom is 0.269 e. The lowest BCUT2D eigenvalue weighted by molar-refractivity contribution is -0.384. The van der Waals surface area contributed by atoms with Crippen molar-refractivity contribution in [3.8, 4) is 0 Å². The topological polar surface area (TPSA) is 75.8 Å². The Bertz CT molecular complexity index is 625. The molecule has 1 fully saturated rings. The summed E-state index contributed by atoms with van der Waals surface area (Å²) in [7, 11) is 1.71. The highest BCUT2D eigenvalue weighted by Crippen LogP contribution is 2.30. The Hall–Kier alpha value is -2.15. The molecule has 7 heteroatoms. The van der Waals surface area contributed by atoms with Crippen molar-refractivity contribution in [3.63, 3.8) is 0 Å². The average molecular weight is 277 g/mol. The summed E-state index contributed by atoms with van der Waals surface area (Å²) in [6, 6.07) is 4.42. The van der Waals surface area contributed by atoms with Crippen LogP contribution in [0.1, 0.15) is 5.56 Å². The molecular weight excluding hydrogens is 266 g/mol. The number of non-ortho nitro benzene ring substituents is 1. The number of nitro groups is 1. The van der Waals surface area contributed by atoms with E-state index in [4.69, 9.17) is 0 Å². The van der Waals surface area contributed by atoms with Gasteiger partial charge in [-0.1, -0.05) is 6.58 Å². The van der Waals surface area contributed by atoms with Gasteiger partial charge in [-0.25, -0.2) is 4.99 Å². The Labute approximate surface area is 114 Å². The minimum atomic E-state index is -0.453. The third-order valence-electron chi connectivity index (χ3n) is 2.72. The first-order valence-electron chi connectivity index (χ1n) is 5.38. The molecule has 1 aromatic carbocycles. The molecule has 1 heterocycles. The van der Waals surface area contributed by atoms with Crippen LogP contribution in [0.4, 0.5) is 11.4 Å². The molecular formula is C12H11N3O3S. The summed E-state index contributed by atoms with van der Waals surface area (Å²) in [4.78, 5) is 27.6. The number of benzene rings is 1. The van der Waals surface area contributed by atoms with Gasteiger partial charge in [-0.3, -0.25) is 14.9 Å². The second-order valence-corrected chi connectivity index (χ2v) is 4.96. The third-order valence-corrected chi connectivity index (χ3v) is 3.69. The highest BCUT2D eigenvalue weighted by Gasteiger charge is 2.28. The van der Waals surface area contributed by atoms with Crippen LogP contribution < -0.4 is 0 Å². The quantitative estimate of drug-likeness (QED) is 0.472. The number of aliphatic imine (C=N–C) groups is 1. The monoisotopic (exact) mass is 277 g/mol. The number of carbonyl (C=O) groups is 1. The lowest BCUT2D eigenvalue weighted by atomic mass is 10.2. The van der Waals surface area contributed by atoms with Crippen LogP contribution in [0.3, 0.4) is 0 Å². The van der Waals surface area contributed by atoms with Crippen LogP contribution >= 0.6 is 11.8 Å². The zero-order valence-electron chi connectivity index (χ0n) is 10.4. The van der Waals surface area contributed by atoms with E-state index in [0.717, 1.165) is 11.8 Å². The van der Waals surface area contributed by atoms with Gasteiger partial charge in [0.05, 0.1) is 16.3 Å². The second-order valence-electron chi connectivity index (χ2n) is 4.02. The summed E-state index contributed by atoms with van der Waals surface area (Å²) >= 11 is 0.999. The van der Waals surface area contributed by atoms with Crippen molar-refractivity contribution < 1.29 is 9.72 Å². The molecule has 0 aromatic heterocycles. The molecule has 1 aliphatic rings. The lowest BCUT2D eigenvalue weighted by Crippen LogP contribution is -2.16. The number of likely N-dealkylation sites (N-methyl/N-ethyl adjacent to an activating group) is 1. The third kappa shape index (κ3) is 2.50. The van der Waals surface area contributed by atoms with E-state index < -0.39 is 4.92 Å². The Morgan fingerprint density at radius 1 is 1.47 bits per heavy atom. The predicted octanol–water partition coefficient (Wildman–Crippen LogP) is 2.61. The summed E-state index contributed by atoms with van der Waals surface area (Å²) in [5, 5.41) is 11.0. The molecule has 0 saturated carbocycles. The fourth-order valence-corrected chi connectivity index (χ4v) is 2.35. The Morgan fingerprint density at radius 3 is 2.63 bits per heavy atom. The molecule has 0 N–H and O–H groups in total. The number of nitro benzene ring substituents is 1. The smallest absolute Gasteiger partial charge is 0.269 e. The maximum atomic E-state index is 11.5. The van der Waals surface area contributed by atoms with E-state index in [0.29, 0.717) is 22.1 Å². The van der Waals surface area contributed by atoms with Gasteiger partial charge in [0, 0.05) is 19.2 Å². The van der Waals surface area contributed by atoms with E-state index >= 15 is 0 Å². The summed E-state index contributed by atoms with van der Waals surface area (Å²) in [6.07, 6.45) is 0. The van der Waals surface area contributed by atoms with E-state index in [9.17, 15) is 14.9 Å². The number of hydrogen-bond donors (Lipinski definition) is 0. The molecule has 1 saturated heterocycles. The molecule has 0 atom stereocenters. The lowest BCUT2D eigenvalue weighted by Gasteiger charge is -2.10. The minimum absolute atomic E-state index is 0.0226. The van der Waals surface area contributed by atoms with Gasteiger partial charge >= 0.3 is 0 Å². The first-order chi connectivity index (χ1) is 8.90. The summed E-state index contributed by atoms with van der Waals surface area (Å²) in [5.41, 5.74) is 1.68. The van der Waals surface area contributed by atoms with Gasteiger partial charge < -0.3 is 4.90 Å². The molecule has 6 nitrogen and oxygen atoms in total. The zero-order chi connectivity index (χ0) is 14.2. The van der Waals surface area contributed by atoms with E-state index in [1.165, 1.54) is 12.1 Å². The SMILES string of the molecule is C=C1C(=O)SC(=Nc2ccc([N+](=O)[O-])cc2C)N1C. The number of amidine groups is 1. The Kier molecular flexibility index (Phi) is 3.39. The second kappa shape index (κ2) is 4.85. The molecule has 19 heavy (non-hydrogen) atoms. The van der Waals surface area contributed by atoms with Crippen molar-refractivity contribution in [2.24, 2.45) is 4.99 Å². The van der Waals surface area contributed by atoms with Crippen LogP contribution in [0.5, 0.6) is 0 Å². The largest absolute Gasteiger partial charge is 0.320 e. The molecule has 1 aromatic rings. The van der Waals surface area contributed by atoms with Gasteiger partial charge in [0.15, 0.2) is 5.17 Å². The van der Waals surface area contributed by atoms with Gasteiger partial charge in [0.2, 0.25) is 5.12 Å². The van der Waals surface area contributed by atoms with Crippen LogP contribution in [0.2, 0.25) is 0 Å². The van der Waals surface area contributed by atoms with E-state index in [1.54, 1.807) is 24.9 Å². The Balaban J connectivity index is 2.37. The fraction of sp³-hybridized carbons (Fsp3) is 0.167. The van der Waals surface area contributed by atoms with Crippen LogP contribution in [0.25, 0.3) is 0 Å². The molecule has 0 radical (unpaired) electrons. The van der Waals surface area contributed by atoms with E-state index in [1.807, 2.05) is 0 Å². The summed E-state index contributed by atoms with van der Waals surface area (Å²) < 4.78 is 0. The number of hydrogen-bond acceptors (Lipinski definition) is 5. The van der Waals surface area contributed by atoms with Crippen molar-refractivity contribution in [2.75, 3.05) is 7.05 Å². The van der Waals surface area contributed by atoms with Gasteiger partial charge in [-0.2, -0.15) is 0 Å². The van der Waals surface area contributed by atoms with Crippen LogP contribution in [-0.4, -0.2) is 27.2 Å². The maximum absolute atomic E-state index is 11.5. The first-order valence-corrected chi connectivity index (χ1v) is 6.20. The molecule has 0 unspecified atom stereocenters. The fourth-order valence-electron chi connectivity index (χ4n) is 1.54. The number of aryl methyl sites for hydroxylation is 1. The number of nitrogens with zero attached hydrogens (tertiary/aromatic N) is 3. The van der Waals surface area contributed by atoms with Crippen molar-refractivity contribution in [2.45, 2.75) is 6.92 Å². The van der Waals surface area contributed by atoms with Crippen molar-refractivity contribution in [3.05, 3.63) is 46.2 Å². The van der Waals surface area contributed by atoms with Crippen molar-refractivity contribution in [1.82, 2.24) is 4.90 Å². The molecule has 98 valence electrons. The van der Waals surface area contributed by atoms with E-state index in [-0.39, 0.29) is 10.8 Å². The number of carbonyl (C=O) groups excluding carboxylic acids is 1. The van der Waals surface area contributed by atoms with Crippen LogP contribution in [-0.2, 0) is 4.79 Å². The van der Waals surface area contributed by atoms with Crippen molar-refractivity contribution in [1.29, 1.82) is 0 Å². The van der Waals surface area contributed by atoms with Gasteiger partial charge in [-0.15, -0.1) is 0 Å². The molecule has 0 spiro atoms. The predicted molar refractivity (Wildman–Crippen MR) is 74.4 cm³/mol. The van der Waals surface area contributed by atoms with E-state index in [2.05, 4.69) is 11.6 Å². The molecule has 2 rings (SSSR count). The van der Waals surface area contributed by atoms with Crippen LogP contribution in [0, 0.1) is 17.0 Å². The molecule has 0 bridgehead atoms. The van der Waals surface area contributed by atoms with Crippen molar-refractivity contribution >= 4 is 33.4 Å². The molecule has 0 aliphatic carbocycles. The number of thioether (sulfide) groups is 1. The normalized spacial score (nSPS) is 17.4. The standard InChI is InChI=1S/C12H11N3O3S/c1-7-6-9(15(17)18)4-5-10(7)13-12-14(3)8(2)11(16)19-12/h4-6H,2H2,1,3H3. The summed E-state index contributed by atoms with van der Waals surface area (Å²) in [6.45, 7) is 5.39. The highest BCUT2D eigenvalue weighted by atomic mass is 32.2. The van der Waals surface area contributed by atoms with Crippen LogP contribution in [0.15, 0.2) is 35.5 Å². The van der Waals surface area contributed by atoms with Gasteiger partial charge in [-0.05, 0) is 30.3 Å². The zero-order valence-corrected chi connectivity index (χ0v) is 11.2. The van der Waals surface area contributed by atoms with Gasteiger partial charge in [0.25, 0.3) is 5.69 Å².